The number of piperazine rings is 1. The van der Waals surface area contributed by atoms with Crippen molar-refractivity contribution in [1.29, 1.82) is 0 Å². The van der Waals surface area contributed by atoms with Gasteiger partial charge in [-0.15, -0.1) is 0 Å². The fourth-order valence-corrected chi connectivity index (χ4v) is 1.60. The molecule has 4 nitrogen and oxygen atoms in total. The molecule has 2 amide bonds. The second-order valence-electron chi connectivity index (χ2n) is 4.34. The minimum absolute atomic E-state index is 0.0548. The van der Waals surface area contributed by atoms with Crippen LogP contribution < -0.4 is 5.32 Å². The standard InChI is InChI=1S/C10H18N2O2/c1-7(2)4-10(14)12-5-8(3)11-9(13)6-12/h7-8H,4-6H2,1-3H3,(H,11,13). The van der Waals surface area contributed by atoms with E-state index in [-0.39, 0.29) is 24.4 Å². The summed E-state index contributed by atoms with van der Waals surface area (Å²) in [5.41, 5.74) is 0. The Bertz CT molecular complexity index is 238. The number of carbonyl (C=O) groups excluding carboxylic acids is 2. The van der Waals surface area contributed by atoms with Gasteiger partial charge >= 0.3 is 0 Å². The van der Waals surface area contributed by atoms with E-state index in [0.717, 1.165) is 0 Å². The first-order valence-electron chi connectivity index (χ1n) is 5.06. The third-order valence-electron chi connectivity index (χ3n) is 2.17. The maximum absolute atomic E-state index is 11.6. The maximum atomic E-state index is 11.6. The van der Waals surface area contributed by atoms with Gasteiger partial charge in [0.25, 0.3) is 0 Å². The molecule has 14 heavy (non-hydrogen) atoms. The summed E-state index contributed by atoms with van der Waals surface area (Å²) in [4.78, 5) is 24.5. The largest absolute Gasteiger partial charge is 0.350 e. The van der Waals surface area contributed by atoms with E-state index in [1.807, 2.05) is 20.8 Å². The second kappa shape index (κ2) is 4.44. The van der Waals surface area contributed by atoms with Gasteiger partial charge in [-0.05, 0) is 12.8 Å². The van der Waals surface area contributed by atoms with E-state index in [2.05, 4.69) is 5.32 Å². The lowest BCUT2D eigenvalue weighted by atomic mass is 10.1. The molecule has 0 bridgehead atoms. The molecule has 1 aliphatic rings. The third kappa shape index (κ3) is 3.01. The normalized spacial score (nSPS) is 22.4. The second-order valence-corrected chi connectivity index (χ2v) is 4.34. The molecular formula is C10H18N2O2. The highest BCUT2D eigenvalue weighted by Gasteiger charge is 2.25. The van der Waals surface area contributed by atoms with Gasteiger partial charge in [0.2, 0.25) is 11.8 Å². The van der Waals surface area contributed by atoms with Crippen LogP contribution in [0.1, 0.15) is 27.2 Å². The summed E-state index contributed by atoms with van der Waals surface area (Å²) in [6.45, 7) is 6.77. The molecule has 1 atom stereocenters. The van der Waals surface area contributed by atoms with Gasteiger partial charge < -0.3 is 10.2 Å². The Hall–Kier alpha value is -1.06. The van der Waals surface area contributed by atoms with Crippen LogP contribution in [0, 0.1) is 5.92 Å². The molecule has 1 fully saturated rings. The molecule has 0 radical (unpaired) electrons. The van der Waals surface area contributed by atoms with Gasteiger partial charge in [0.1, 0.15) is 0 Å². The van der Waals surface area contributed by atoms with Crippen molar-refractivity contribution in [3.05, 3.63) is 0 Å². The van der Waals surface area contributed by atoms with Gasteiger partial charge in [-0.3, -0.25) is 9.59 Å². The Morgan fingerprint density at radius 1 is 1.64 bits per heavy atom. The monoisotopic (exact) mass is 198 g/mol. The predicted octanol–water partition coefficient (Wildman–Crippen LogP) is 0.379. The Kier molecular flexibility index (Phi) is 3.49. The number of amides is 2. The van der Waals surface area contributed by atoms with Gasteiger partial charge in [-0.25, -0.2) is 0 Å². The molecule has 1 unspecified atom stereocenters. The molecule has 1 saturated heterocycles. The van der Waals surface area contributed by atoms with E-state index >= 15 is 0 Å². The Labute approximate surface area is 84.7 Å². The lowest BCUT2D eigenvalue weighted by Crippen LogP contribution is -2.54. The van der Waals surface area contributed by atoms with Gasteiger partial charge in [0.15, 0.2) is 0 Å². The van der Waals surface area contributed by atoms with Crippen molar-refractivity contribution in [2.75, 3.05) is 13.1 Å². The fourth-order valence-electron chi connectivity index (χ4n) is 1.60. The predicted molar refractivity (Wildman–Crippen MR) is 53.6 cm³/mol. The molecular weight excluding hydrogens is 180 g/mol. The molecule has 1 rings (SSSR count). The number of nitrogens with one attached hydrogen (secondary N) is 1. The minimum atomic E-state index is -0.0548. The first-order valence-corrected chi connectivity index (χ1v) is 5.06. The Morgan fingerprint density at radius 3 is 2.79 bits per heavy atom. The summed E-state index contributed by atoms with van der Waals surface area (Å²) >= 11 is 0. The van der Waals surface area contributed by atoms with Crippen LogP contribution in [-0.2, 0) is 9.59 Å². The van der Waals surface area contributed by atoms with Gasteiger partial charge in [-0.2, -0.15) is 0 Å². The fraction of sp³-hybridized carbons (Fsp3) is 0.800. The van der Waals surface area contributed by atoms with E-state index in [0.29, 0.717) is 18.9 Å². The van der Waals surface area contributed by atoms with Crippen molar-refractivity contribution in [3.63, 3.8) is 0 Å². The summed E-state index contributed by atoms with van der Waals surface area (Å²) in [5, 5.41) is 2.78. The van der Waals surface area contributed by atoms with Crippen molar-refractivity contribution >= 4 is 11.8 Å². The van der Waals surface area contributed by atoms with Crippen molar-refractivity contribution in [1.82, 2.24) is 10.2 Å². The molecule has 1 aliphatic heterocycles. The van der Waals surface area contributed by atoms with Crippen LogP contribution in [0.2, 0.25) is 0 Å². The number of rotatable bonds is 2. The molecule has 0 spiro atoms. The van der Waals surface area contributed by atoms with E-state index < -0.39 is 0 Å². The van der Waals surface area contributed by atoms with E-state index in [1.165, 1.54) is 0 Å². The quantitative estimate of drug-likeness (QED) is 0.697. The van der Waals surface area contributed by atoms with Crippen LogP contribution in [0.4, 0.5) is 0 Å². The molecule has 1 heterocycles. The smallest absolute Gasteiger partial charge is 0.239 e. The first-order chi connectivity index (χ1) is 6.49. The summed E-state index contributed by atoms with van der Waals surface area (Å²) in [6.07, 6.45) is 0.528. The lowest BCUT2D eigenvalue weighted by molar-refractivity contribution is -0.139. The van der Waals surface area contributed by atoms with Crippen molar-refractivity contribution in [2.45, 2.75) is 33.2 Å². The zero-order valence-corrected chi connectivity index (χ0v) is 9.04. The van der Waals surface area contributed by atoms with Crippen molar-refractivity contribution < 1.29 is 9.59 Å². The van der Waals surface area contributed by atoms with Crippen molar-refractivity contribution in [2.24, 2.45) is 5.92 Å². The van der Waals surface area contributed by atoms with Gasteiger partial charge in [0, 0.05) is 19.0 Å². The molecule has 1 N–H and O–H groups in total. The SMILES string of the molecule is CC(C)CC(=O)N1CC(=O)NC(C)C1. The first kappa shape index (κ1) is 11.0. The number of carbonyl (C=O) groups is 2. The molecule has 0 aromatic rings. The summed E-state index contributed by atoms with van der Waals surface area (Å²) in [5.74, 6) is 0.380. The average molecular weight is 198 g/mol. The highest BCUT2D eigenvalue weighted by Crippen LogP contribution is 2.07. The van der Waals surface area contributed by atoms with E-state index in [9.17, 15) is 9.59 Å². The maximum Gasteiger partial charge on any atom is 0.239 e. The Morgan fingerprint density at radius 2 is 2.29 bits per heavy atom. The summed E-state index contributed by atoms with van der Waals surface area (Å²) in [6, 6.07) is 0.0763. The zero-order valence-electron chi connectivity index (χ0n) is 9.04. The lowest BCUT2D eigenvalue weighted by Gasteiger charge is -2.31. The number of nitrogens with zero attached hydrogens (tertiary/aromatic N) is 1. The van der Waals surface area contributed by atoms with Crippen LogP contribution in [0.15, 0.2) is 0 Å². The minimum Gasteiger partial charge on any atom is -0.350 e. The van der Waals surface area contributed by atoms with Crippen molar-refractivity contribution in [3.8, 4) is 0 Å². The molecule has 4 heteroatoms. The van der Waals surface area contributed by atoms with E-state index in [4.69, 9.17) is 0 Å². The van der Waals surface area contributed by atoms with Crippen LogP contribution >= 0.6 is 0 Å². The average Bonchev–Trinajstić information content (AvgIpc) is 2.00. The van der Waals surface area contributed by atoms with Gasteiger partial charge in [0.05, 0.1) is 6.54 Å². The van der Waals surface area contributed by atoms with Gasteiger partial charge in [-0.1, -0.05) is 13.8 Å². The molecule has 0 aliphatic carbocycles. The molecule has 0 saturated carbocycles. The highest BCUT2D eigenvalue weighted by molar-refractivity contribution is 5.86. The summed E-state index contributed by atoms with van der Waals surface area (Å²) in [7, 11) is 0. The van der Waals surface area contributed by atoms with E-state index in [1.54, 1.807) is 4.90 Å². The topological polar surface area (TPSA) is 49.4 Å². The highest BCUT2D eigenvalue weighted by atomic mass is 16.2. The molecule has 0 aromatic heterocycles. The van der Waals surface area contributed by atoms with Crippen LogP contribution in [0.3, 0.4) is 0 Å². The zero-order chi connectivity index (χ0) is 10.7. The third-order valence-corrected chi connectivity index (χ3v) is 2.17. The number of hydrogen-bond donors (Lipinski definition) is 1. The Balaban J connectivity index is 2.50. The van der Waals surface area contributed by atoms with Crippen LogP contribution in [0.25, 0.3) is 0 Å². The van der Waals surface area contributed by atoms with Crippen LogP contribution in [-0.4, -0.2) is 35.8 Å². The molecule has 0 aromatic carbocycles. The molecule has 80 valence electrons. The number of hydrogen-bond acceptors (Lipinski definition) is 2. The summed E-state index contributed by atoms with van der Waals surface area (Å²) < 4.78 is 0. The van der Waals surface area contributed by atoms with Crippen LogP contribution in [0.5, 0.6) is 0 Å².